The summed E-state index contributed by atoms with van der Waals surface area (Å²) in [5, 5.41) is 9.79. The number of carbonyl (C=O) groups is 2. The first-order chi connectivity index (χ1) is 13.3. The summed E-state index contributed by atoms with van der Waals surface area (Å²) < 4.78 is 0. The number of aromatic carboxylic acids is 1. The second kappa shape index (κ2) is 8.68. The Morgan fingerprint density at radius 3 is 2.79 bits per heavy atom. The second-order valence-corrected chi connectivity index (χ2v) is 7.48. The van der Waals surface area contributed by atoms with Gasteiger partial charge in [0, 0.05) is 48.6 Å². The molecule has 0 saturated carbocycles. The van der Waals surface area contributed by atoms with Gasteiger partial charge >= 0.3 is 5.97 Å². The Labute approximate surface area is 169 Å². The van der Waals surface area contributed by atoms with Crippen molar-refractivity contribution in [3.8, 4) is 0 Å². The van der Waals surface area contributed by atoms with Crippen LogP contribution in [0.4, 0.5) is 5.69 Å². The lowest BCUT2D eigenvalue weighted by molar-refractivity contribution is -0.119. The highest BCUT2D eigenvalue weighted by molar-refractivity contribution is 6.31. The highest BCUT2D eigenvalue weighted by atomic mass is 35.5. The van der Waals surface area contributed by atoms with Gasteiger partial charge in [-0.15, -0.1) is 0 Å². The van der Waals surface area contributed by atoms with Crippen molar-refractivity contribution in [2.75, 3.05) is 38.6 Å². The zero-order valence-corrected chi connectivity index (χ0v) is 16.7. The van der Waals surface area contributed by atoms with Crippen LogP contribution in [0.3, 0.4) is 0 Å². The van der Waals surface area contributed by atoms with E-state index in [0.29, 0.717) is 30.4 Å². The number of anilines is 1. The van der Waals surface area contributed by atoms with Crippen molar-refractivity contribution in [3.05, 3.63) is 58.4 Å². The number of aromatic nitrogens is 1. The Morgan fingerprint density at radius 1 is 1.29 bits per heavy atom. The molecule has 1 aromatic carbocycles. The molecule has 2 aromatic rings. The molecule has 0 spiro atoms. The molecule has 0 atom stereocenters. The van der Waals surface area contributed by atoms with Crippen LogP contribution in [0, 0.1) is 0 Å². The maximum absolute atomic E-state index is 13.0. The van der Waals surface area contributed by atoms with E-state index in [1.165, 1.54) is 18.3 Å². The second-order valence-electron chi connectivity index (χ2n) is 7.07. The van der Waals surface area contributed by atoms with Gasteiger partial charge in [-0.3, -0.25) is 14.7 Å². The minimum Gasteiger partial charge on any atom is -0.478 e. The summed E-state index contributed by atoms with van der Waals surface area (Å²) in [4.78, 5) is 34.2. The van der Waals surface area contributed by atoms with Gasteiger partial charge in [0.2, 0.25) is 5.91 Å². The van der Waals surface area contributed by atoms with Crippen molar-refractivity contribution in [1.82, 2.24) is 14.8 Å². The monoisotopic (exact) mass is 402 g/mol. The molecule has 1 amide bonds. The van der Waals surface area contributed by atoms with Crippen LogP contribution in [0.1, 0.15) is 21.6 Å². The van der Waals surface area contributed by atoms with Gasteiger partial charge in [0.15, 0.2) is 0 Å². The molecule has 28 heavy (non-hydrogen) atoms. The minimum atomic E-state index is -1.00. The van der Waals surface area contributed by atoms with Crippen LogP contribution >= 0.6 is 11.6 Å². The lowest BCUT2D eigenvalue weighted by atomic mass is 10.1. The third-order valence-electron chi connectivity index (χ3n) is 4.65. The van der Waals surface area contributed by atoms with Crippen LogP contribution in [0.5, 0.6) is 0 Å². The standard InChI is InChI=1S/C20H23ClN4O3/c1-23(2)8-9-25-18-5-3-4-17(21)16(18)12-24(13-19(25)26)11-15-10-14(20(27)28)6-7-22-15/h3-7,10H,8-9,11-13H2,1-2H3,(H,27,28). The lowest BCUT2D eigenvalue weighted by Gasteiger charge is -2.24. The van der Waals surface area contributed by atoms with Crippen LogP contribution in [0.25, 0.3) is 0 Å². The maximum Gasteiger partial charge on any atom is 0.335 e. The molecule has 1 aliphatic rings. The van der Waals surface area contributed by atoms with E-state index in [0.717, 1.165) is 17.8 Å². The number of nitrogens with zero attached hydrogens (tertiary/aromatic N) is 4. The van der Waals surface area contributed by atoms with Gasteiger partial charge in [0.25, 0.3) is 0 Å². The molecule has 8 heteroatoms. The van der Waals surface area contributed by atoms with E-state index >= 15 is 0 Å². The topological polar surface area (TPSA) is 77.0 Å². The Kier molecular flexibility index (Phi) is 6.28. The Hall–Kier alpha value is -2.48. The van der Waals surface area contributed by atoms with Crippen LogP contribution in [0.2, 0.25) is 5.02 Å². The molecule has 0 bridgehead atoms. The summed E-state index contributed by atoms with van der Waals surface area (Å²) in [6.45, 7) is 2.36. The number of halogens is 1. The van der Waals surface area contributed by atoms with Crippen molar-refractivity contribution in [1.29, 1.82) is 0 Å². The van der Waals surface area contributed by atoms with Crippen molar-refractivity contribution >= 4 is 29.2 Å². The Morgan fingerprint density at radius 2 is 2.07 bits per heavy atom. The summed E-state index contributed by atoms with van der Waals surface area (Å²) in [7, 11) is 3.93. The van der Waals surface area contributed by atoms with Gasteiger partial charge in [-0.05, 0) is 38.4 Å². The smallest absolute Gasteiger partial charge is 0.335 e. The number of carbonyl (C=O) groups excluding carboxylic acids is 1. The molecule has 148 valence electrons. The van der Waals surface area contributed by atoms with Crippen LogP contribution < -0.4 is 4.90 Å². The number of carboxylic acids is 1. The molecule has 1 N–H and O–H groups in total. The number of hydrogen-bond acceptors (Lipinski definition) is 5. The zero-order chi connectivity index (χ0) is 20.3. The number of rotatable bonds is 6. The number of carboxylic acid groups (broad SMARTS) is 1. The third-order valence-corrected chi connectivity index (χ3v) is 5.00. The molecule has 0 radical (unpaired) electrons. The van der Waals surface area contributed by atoms with Crippen LogP contribution in [0.15, 0.2) is 36.5 Å². The van der Waals surface area contributed by atoms with E-state index in [2.05, 4.69) is 4.98 Å². The van der Waals surface area contributed by atoms with E-state index in [1.54, 1.807) is 4.90 Å². The summed E-state index contributed by atoms with van der Waals surface area (Å²) in [5.74, 6) is -1.02. The van der Waals surface area contributed by atoms with Crippen molar-refractivity contribution < 1.29 is 14.7 Å². The average Bonchev–Trinajstić information content (AvgIpc) is 2.77. The molecule has 0 saturated heterocycles. The van der Waals surface area contributed by atoms with Gasteiger partial charge in [-0.2, -0.15) is 0 Å². The van der Waals surface area contributed by atoms with E-state index in [4.69, 9.17) is 11.6 Å². The predicted molar refractivity (Wildman–Crippen MR) is 108 cm³/mol. The highest BCUT2D eigenvalue weighted by Crippen LogP contribution is 2.31. The SMILES string of the molecule is CN(C)CCN1C(=O)CN(Cc2cc(C(=O)O)ccn2)Cc2c(Cl)cccc21. The molecular weight excluding hydrogens is 380 g/mol. The first-order valence-corrected chi connectivity index (χ1v) is 9.36. The Bertz CT molecular complexity index is 888. The molecule has 0 unspecified atom stereocenters. The van der Waals surface area contributed by atoms with Crippen molar-refractivity contribution in [2.45, 2.75) is 13.1 Å². The van der Waals surface area contributed by atoms with Gasteiger partial charge < -0.3 is 14.9 Å². The van der Waals surface area contributed by atoms with Gasteiger partial charge in [-0.25, -0.2) is 4.79 Å². The number of hydrogen-bond donors (Lipinski definition) is 1. The van der Waals surface area contributed by atoms with Crippen LogP contribution in [-0.4, -0.2) is 65.5 Å². The molecule has 3 rings (SSSR count). The molecule has 7 nitrogen and oxygen atoms in total. The predicted octanol–water partition coefficient (Wildman–Crippen LogP) is 2.34. The summed E-state index contributed by atoms with van der Waals surface area (Å²) in [6.07, 6.45) is 1.47. The fourth-order valence-corrected chi connectivity index (χ4v) is 3.46. The molecule has 0 fully saturated rings. The highest BCUT2D eigenvalue weighted by Gasteiger charge is 2.28. The van der Waals surface area contributed by atoms with E-state index < -0.39 is 5.97 Å². The normalized spacial score (nSPS) is 14.9. The fraction of sp³-hybridized carbons (Fsp3) is 0.350. The average molecular weight is 403 g/mol. The third kappa shape index (κ3) is 4.67. The largest absolute Gasteiger partial charge is 0.478 e. The number of fused-ring (bicyclic) bond motifs is 1. The van der Waals surface area contributed by atoms with Gasteiger partial charge in [0.1, 0.15) is 0 Å². The number of pyridine rings is 1. The first-order valence-electron chi connectivity index (χ1n) is 8.98. The van der Waals surface area contributed by atoms with Crippen LogP contribution in [-0.2, 0) is 17.9 Å². The van der Waals surface area contributed by atoms with Crippen molar-refractivity contribution in [2.24, 2.45) is 0 Å². The summed E-state index contributed by atoms with van der Waals surface area (Å²) in [6, 6.07) is 8.58. The van der Waals surface area contributed by atoms with E-state index in [1.807, 2.05) is 42.1 Å². The first kappa shape index (κ1) is 20.3. The summed E-state index contributed by atoms with van der Waals surface area (Å²) >= 11 is 6.46. The van der Waals surface area contributed by atoms with Gasteiger partial charge in [0.05, 0.1) is 17.8 Å². The summed E-state index contributed by atoms with van der Waals surface area (Å²) in [5.41, 5.74) is 2.50. The minimum absolute atomic E-state index is 0.0164. The van der Waals surface area contributed by atoms with E-state index in [9.17, 15) is 14.7 Å². The lowest BCUT2D eigenvalue weighted by Crippen LogP contribution is -2.40. The molecular formula is C20H23ClN4O3. The maximum atomic E-state index is 13.0. The zero-order valence-electron chi connectivity index (χ0n) is 15.9. The quantitative estimate of drug-likeness (QED) is 0.799. The van der Waals surface area contributed by atoms with Gasteiger partial charge in [-0.1, -0.05) is 17.7 Å². The fourth-order valence-electron chi connectivity index (χ4n) is 3.23. The number of likely N-dealkylation sites (N-methyl/N-ethyl adjacent to an activating group) is 1. The molecule has 1 aromatic heterocycles. The van der Waals surface area contributed by atoms with E-state index in [-0.39, 0.29) is 18.0 Å². The Balaban J connectivity index is 1.89. The molecule has 0 aliphatic carbocycles. The molecule has 1 aliphatic heterocycles. The van der Waals surface area contributed by atoms with Crippen molar-refractivity contribution in [3.63, 3.8) is 0 Å². The molecule has 2 heterocycles. The number of benzene rings is 1. The number of amides is 1.